The summed E-state index contributed by atoms with van der Waals surface area (Å²) < 4.78 is 26.2. The quantitative estimate of drug-likeness (QED) is 0.403. The maximum atomic E-state index is 13.1. The fourth-order valence-corrected chi connectivity index (χ4v) is 2.95. The van der Waals surface area contributed by atoms with Crippen molar-refractivity contribution in [3.05, 3.63) is 51.0 Å². The molecule has 2 aromatic rings. The summed E-state index contributed by atoms with van der Waals surface area (Å²) in [5.74, 6) is -0.485. The van der Waals surface area contributed by atoms with Crippen molar-refractivity contribution in [3.63, 3.8) is 0 Å². The Kier molecular flexibility index (Phi) is 8.54. The van der Waals surface area contributed by atoms with E-state index in [0.29, 0.717) is 31.0 Å². The highest BCUT2D eigenvalue weighted by Crippen LogP contribution is 2.15. The van der Waals surface area contributed by atoms with Crippen LogP contribution in [0.1, 0.15) is 21.1 Å². The molecule has 1 heterocycles. The van der Waals surface area contributed by atoms with Crippen LogP contribution in [0.2, 0.25) is 0 Å². The number of nitrogens with one attached hydrogen (secondary N) is 2. The van der Waals surface area contributed by atoms with Crippen LogP contribution in [-0.2, 0) is 13.0 Å². The second kappa shape index (κ2) is 9.87. The van der Waals surface area contributed by atoms with Gasteiger partial charge in [0.05, 0.1) is 12.2 Å². The van der Waals surface area contributed by atoms with Crippen molar-refractivity contribution in [1.29, 1.82) is 0 Å². The summed E-state index contributed by atoms with van der Waals surface area (Å²) in [6, 6.07) is 3.54. The van der Waals surface area contributed by atoms with Crippen LogP contribution in [0, 0.1) is 25.5 Å². The molecule has 2 N–H and O–H groups in total. The zero-order valence-corrected chi connectivity index (χ0v) is 17.0. The van der Waals surface area contributed by atoms with Gasteiger partial charge in [-0.2, -0.15) is 0 Å². The predicted octanol–water partition coefficient (Wildman–Crippen LogP) is 3.56. The first-order valence-electron chi connectivity index (χ1n) is 7.30. The maximum absolute atomic E-state index is 13.1. The van der Waals surface area contributed by atoms with E-state index in [4.69, 9.17) is 0 Å². The molecule has 0 spiro atoms. The van der Waals surface area contributed by atoms with Crippen LogP contribution >= 0.6 is 35.3 Å². The molecule has 0 amide bonds. The third kappa shape index (κ3) is 6.31. The molecule has 0 unspecified atom stereocenters. The smallest absolute Gasteiger partial charge is 0.191 e. The van der Waals surface area contributed by atoms with Crippen LogP contribution in [0.15, 0.2) is 23.2 Å². The fraction of sp³-hybridized carbons (Fsp3) is 0.375. The molecule has 0 saturated carbocycles. The molecule has 0 aliphatic heterocycles. The molecule has 1 aromatic carbocycles. The average molecular weight is 466 g/mol. The Morgan fingerprint density at radius 1 is 1.17 bits per heavy atom. The number of halogens is 3. The second-order valence-electron chi connectivity index (χ2n) is 5.13. The first kappa shape index (κ1) is 20.8. The van der Waals surface area contributed by atoms with Crippen molar-refractivity contribution >= 4 is 41.3 Å². The van der Waals surface area contributed by atoms with Crippen LogP contribution in [0.5, 0.6) is 0 Å². The minimum absolute atomic E-state index is 0. The Bertz CT molecular complexity index is 664. The first-order chi connectivity index (χ1) is 11.0. The van der Waals surface area contributed by atoms with Gasteiger partial charge in [-0.15, -0.1) is 35.3 Å². The number of aryl methyl sites for hydroxylation is 2. The molecule has 0 atom stereocenters. The Morgan fingerprint density at radius 2 is 1.83 bits per heavy atom. The zero-order chi connectivity index (χ0) is 16.8. The second-order valence-corrected chi connectivity index (χ2v) is 6.42. The van der Waals surface area contributed by atoms with Gasteiger partial charge in [-0.3, -0.25) is 4.99 Å². The van der Waals surface area contributed by atoms with Crippen molar-refractivity contribution in [2.24, 2.45) is 4.99 Å². The molecule has 0 radical (unpaired) electrons. The SMILES string of the molecule is CN=C(NCCc1cc(F)cc(F)c1)NCc1nc(C)c(C)s1.I. The number of rotatable bonds is 5. The fourth-order valence-electron chi connectivity index (χ4n) is 2.08. The zero-order valence-electron chi connectivity index (χ0n) is 13.8. The molecule has 0 saturated heterocycles. The lowest BCUT2D eigenvalue weighted by atomic mass is 10.1. The Labute approximate surface area is 161 Å². The van der Waals surface area contributed by atoms with E-state index in [1.807, 2.05) is 13.8 Å². The highest BCUT2D eigenvalue weighted by Gasteiger charge is 2.05. The highest BCUT2D eigenvalue weighted by atomic mass is 127. The summed E-state index contributed by atoms with van der Waals surface area (Å²) in [6.45, 7) is 5.15. The molecule has 0 bridgehead atoms. The molecule has 4 nitrogen and oxygen atoms in total. The van der Waals surface area contributed by atoms with Crippen LogP contribution in [0.3, 0.4) is 0 Å². The van der Waals surface area contributed by atoms with E-state index in [0.717, 1.165) is 16.8 Å². The Morgan fingerprint density at radius 3 is 2.38 bits per heavy atom. The third-order valence-electron chi connectivity index (χ3n) is 3.33. The number of guanidine groups is 1. The number of aliphatic imine (C=N–C) groups is 1. The Balaban J connectivity index is 0.00000288. The lowest BCUT2D eigenvalue weighted by Gasteiger charge is -2.11. The summed E-state index contributed by atoms with van der Waals surface area (Å²) in [4.78, 5) is 9.78. The van der Waals surface area contributed by atoms with Crippen LogP contribution in [-0.4, -0.2) is 24.5 Å². The highest BCUT2D eigenvalue weighted by molar-refractivity contribution is 14.0. The van der Waals surface area contributed by atoms with Crippen molar-refractivity contribution in [3.8, 4) is 0 Å². The predicted molar refractivity (Wildman–Crippen MR) is 105 cm³/mol. The average Bonchev–Trinajstić information content (AvgIpc) is 2.80. The van der Waals surface area contributed by atoms with E-state index >= 15 is 0 Å². The molecule has 132 valence electrons. The van der Waals surface area contributed by atoms with E-state index in [-0.39, 0.29) is 24.0 Å². The van der Waals surface area contributed by atoms with E-state index < -0.39 is 11.6 Å². The van der Waals surface area contributed by atoms with Gasteiger partial charge in [-0.05, 0) is 38.0 Å². The normalized spacial score (nSPS) is 11.1. The Hall–Kier alpha value is -1.29. The van der Waals surface area contributed by atoms with Crippen LogP contribution in [0.4, 0.5) is 8.78 Å². The lowest BCUT2D eigenvalue weighted by Crippen LogP contribution is -2.37. The monoisotopic (exact) mass is 466 g/mol. The van der Waals surface area contributed by atoms with Crippen molar-refractivity contribution in [2.75, 3.05) is 13.6 Å². The summed E-state index contributed by atoms with van der Waals surface area (Å²) in [7, 11) is 1.68. The lowest BCUT2D eigenvalue weighted by molar-refractivity contribution is 0.579. The van der Waals surface area contributed by atoms with E-state index in [9.17, 15) is 8.78 Å². The largest absolute Gasteiger partial charge is 0.356 e. The molecule has 24 heavy (non-hydrogen) atoms. The number of nitrogens with zero attached hydrogens (tertiary/aromatic N) is 2. The maximum Gasteiger partial charge on any atom is 0.191 e. The molecule has 2 rings (SSSR count). The van der Waals surface area contributed by atoms with E-state index in [1.165, 1.54) is 17.0 Å². The molecule has 0 aliphatic rings. The number of hydrogen-bond donors (Lipinski definition) is 2. The minimum Gasteiger partial charge on any atom is -0.356 e. The standard InChI is InChI=1S/C16H20F2N4S.HI/c1-10-11(2)23-15(22-10)9-21-16(19-3)20-5-4-12-6-13(17)8-14(18)7-12;/h6-8H,4-5,9H2,1-3H3,(H2,19,20,21);1H. The van der Waals surface area contributed by atoms with Gasteiger partial charge in [-0.25, -0.2) is 13.8 Å². The van der Waals surface area contributed by atoms with E-state index in [2.05, 4.69) is 20.6 Å². The molecule has 8 heteroatoms. The van der Waals surface area contributed by atoms with Gasteiger partial charge in [0.1, 0.15) is 16.6 Å². The van der Waals surface area contributed by atoms with Crippen LogP contribution in [0.25, 0.3) is 0 Å². The van der Waals surface area contributed by atoms with Gasteiger partial charge in [0.25, 0.3) is 0 Å². The van der Waals surface area contributed by atoms with Gasteiger partial charge in [0.2, 0.25) is 0 Å². The molecular weight excluding hydrogens is 445 g/mol. The summed E-state index contributed by atoms with van der Waals surface area (Å²) in [5.41, 5.74) is 1.65. The number of thiazole rings is 1. The minimum atomic E-state index is -0.558. The first-order valence-corrected chi connectivity index (χ1v) is 8.12. The van der Waals surface area contributed by atoms with Crippen molar-refractivity contribution in [1.82, 2.24) is 15.6 Å². The topological polar surface area (TPSA) is 49.3 Å². The summed E-state index contributed by atoms with van der Waals surface area (Å²) in [5, 5.41) is 7.29. The van der Waals surface area contributed by atoms with Crippen LogP contribution < -0.4 is 10.6 Å². The van der Waals surface area contributed by atoms with Crippen molar-refractivity contribution < 1.29 is 8.78 Å². The van der Waals surface area contributed by atoms with Crippen molar-refractivity contribution in [2.45, 2.75) is 26.8 Å². The van der Waals surface area contributed by atoms with Gasteiger partial charge in [0.15, 0.2) is 5.96 Å². The third-order valence-corrected chi connectivity index (χ3v) is 4.40. The number of aromatic nitrogens is 1. The summed E-state index contributed by atoms with van der Waals surface area (Å²) >= 11 is 1.65. The number of hydrogen-bond acceptors (Lipinski definition) is 3. The van der Waals surface area contributed by atoms with E-state index in [1.54, 1.807) is 18.4 Å². The molecular formula is C16H21F2IN4S. The molecule has 0 aliphatic carbocycles. The van der Waals surface area contributed by atoms with Gasteiger partial charge >= 0.3 is 0 Å². The van der Waals surface area contributed by atoms with Gasteiger partial charge in [0, 0.05) is 24.5 Å². The van der Waals surface area contributed by atoms with Gasteiger partial charge < -0.3 is 10.6 Å². The number of benzene rings is 1. The molecule has 1 aromatic heterocycles. The summed E-state index contributed by atoms with van der Waals surface area (Å²) in [6.07, 6.45) is 0.505. The molecule has 0 fully saturated rings. The van der Waals surface area contributed by atoms with Gasteiger partial charge in [-0.1, -0.05) is 0 Å².